The molecule has 94 valence electrons. The topological polar surface area (TPSA) is 26.0 Å². The molecule has 0 unspecified atom stereocenters. The molecule has 0 aliphatic heterocycles. The summed E-state index contributed by atoms with van der Waals surface area (Å²) >= 11 is 3.33. The van der Waals surface area contributed by atoms with E-state index < -0.39 is 5.41 Å². The van der Waals surface area contributed by atoms with Crippen LogP contribution in [0.5, 0.6) is 0 Å². The van der Waals surface area contributed by atoms with Gasteiger partial charge in [-0.05, 0) is 38.5 Å². The van der Waals surface area contributed by atoms with Crippen LogP contribution in [0.15, 0.2) is 46.8 Å². The quantitative estimate of drug-likeness (QED) is 0.737. The van der Waals surface area contributed by atoms with Crippen molar-refractivity contribution < 1.29 is 5.48 Å². The van der Waals surface area contributed by atoms with Crippen LogP contribution in [-0.2, 0) is 5.41 Å². The van der Waals surface area contributed by atoms with E-state index in [0.29, 0.717) is 21.3 Å². The van der Waals surface area contributed by atoms with Crippen LogP contribution in [-0.4, -0.2) is 0 Å². The summed E-state index contributed by atoms with van der Waals surface area (Å²) in [7, 11) is 0. The first-order chi connectivity index (χ1) is 10.1. The fourth-order valence-corrected chi connectivity index (χ4v) is 1.94. The number of nitrogens with two attached hydrogens (primary N) is 1. The summed E-state index contributed by atoms with van der Waals surface area (Å²) in [6, 6.07) is 5.11. The smallest absolute Gasteiger partial charge is 0.0629 e. The Balaban J connectivity index is 2.89. The van der Waals surface area contributed by atoms with Crippen LogP contribution in [0.4, 0.5) is 5.69 Å². The summed E-state index contributed by atoms with van der Waals surface area (Å²) < 4.78 is 33.8. The molecule has 0 fully saturated rings. The molecule has 2 rings (SSSR count). The molecule has 0 heterocycles. The number of halogens is 1. The highest BCUT2D eigenvalue weighted by molar-refractivity contribution is 9.10. The molecule has 2 aromatic rings. The second-order valence-electron chi connectivity index (χ2n) is 5.20. The molecular formula is C16H18BrN. The SMILES string of the molecule is [2H]c1c([2H])c(C(C)(C)C)c([2H])c([2H])c1-c1cccc(Br)c1N. The lowest BCUT2D eigenvalue weighted by Crippen LogP contribution is -2.10. The summed E-state index contributed by atoms with van der Waals surface area (Å²) in [4.78, 5) is 0. The van der Waals surface area contributed by atoms with Gasteiger partial charge in [0.2, 0.25) is 0 Å². The zero-order chi connectivity index (χ0) is 16.8. The number of anilines is 1. The van der Waals surface area contributed by atoms with Crippen LogP contribution in [0.2, 0.25) is 0 Å². The maximum atomic E-state index is 8.30. The highest BCUT2D eigenvalue weighted by Gasteiger charge is 2.13. The lowest BCUT2D eigenvalue weighted by Gasteiger charge is -2.19. The van der Waals surface area contributed by atoms with Gasteiger partial charge in [-0.25, -0.2) is 0 Å². The van der Waals surface area contributed by atoms with E-state index in [1.807, 2.05) is 20.8 Å². The molecule has 0 atom stereocenters. The van der Waals surface area contributed by atoms with Gasteiger partial charge < -0.3 is 5.73 Å². The minimum atomic E-state index is -0.471. The third-order valence-electron chi connectivity index (χ3n) is 2.70. The molecule has 18 heavy (non-hydrogen) atoms. The predicted octanol–water partition coefficient (Wildman–Crippen LogP) is 5.00. The third-order valence-corrected chi connectivity index (χ3v) is 3.39. The molecule has 0 amide bonds. The van der Waals surface area contributed by atoms with E-state index in [1.54, 1.807) is 18.2 Å². The third kappa shape index (κ3) is 2.59. The monoisotopic (exact) mass is 307 g/mol. The molecule has 0 spiro atoms. The van der Waals surface area contributed by atoms with E-state index in [1.165, 1.54) is 0 Å². The van der Waals surface area contributed by atoms with Gasteiger partial charge in [-0.15, -0.1) is 0 Å². The second-order valence-corrected chi connectivity index (χ2v) is 6.06. The van der Waals surface area contributed by atoms with Crippen molar-refractivity contribution in [1.29, 1.82) is 0 Å². The van der Waals surface area contributed by atoms with Crippen LogP contribution in [0.25, 0.3) is 11.1 Å². The van der Waals surface area contributed by atoms with E-state index in [-0.39, 0.29) is 29.7 Å². The van der Waals surface area contributed by atoms with Crippen molar-refractivity contribution in [2.75, 3.05) is 5.73 Å². The largest absolute Gasteiger partial charge is 0.397 e. The molecule has 0 radical (unpaired) electrons. The highest BCUT2D eigenvalue weighted by atomic mass is 79.9. The standard InChI is InChI=1S/C16H18BrN/c1-16(2,3)12-9-7-11(8-10-12)13-5-4-6-14(17)15(13)18/h4-10H,18H2,1-3H3/i7D,8D,9D,10D. The summed E-state index contributed by atoms with van der Waals surface area (Å²) in [6.07, 6.45) is 0. The molecule has 2 N–H and O–H groups in total. The Bertz CT molecular complexity index is 722. The number of para-hydroxylation sites is 1. The van der Waals surface area contributed by atoms with E-state index in [0.717, 1.165) is 0 Å². The summed E-state index contributed by atoms with van der Waals surface area (Å²) in [5, 5.41) is 0. The second kappa shape index (κ2) is 4.77. The summed E-state index contributed by atoms with van der Waals surface area (Å²) in [6.45, 7) is 5.64. The van der Waals surface area contributed by atoms with Crippen molar-refractivity contribution in [3.05, 3.63) is 52.4 Å². The Hall–Kier alpha value is -1.28. The maximum Gasteiger partial charge on any atom is 0.0629 e. The van der Waals surface area contributed by atoms with Gasteiger partial charge in [-0.2, -0.15) is 0 Å². The predicted molar refractivity (Wildman–Crippen MR) is 82.7 cm³/mol. The van der Waals surface area contributed by atoms with Gasteiger partial charge in [0.1, 0.15) is 0 Å². The van der Waals surface area contributed by atoms with Crippen LogP contribution in [0.3, 0.4) is 0 Å². The lowest BCUT2D eigenvalue weighted by molar-refractivity contribution is 0.590. The van der Waals surface area contributed by atoms with E-state index in [9.17, 15) is 0 Å². The van der Waals surface area contributed by atoms with Gasteiger partial charge in [-0.1, -0.05) is 57.1 Å². The maximum absolute atomic E-state index is 8.30. The van der Waals surface area contributed by atoms with Gasteiger partial charge in [0, 0.05) is 10.0 Å². The minimum absolute atomic E-state index is 0.0112. The number of hydrogen-bond acceptors (Lipinski definition) is 1. The zero-order valence-corrected chi connectivity index (χ0v) is 12.3. The Morgan fingerprint density at radius 2 is 1.72 bits per heavy atom. The minimum Gasteiger partial charge on any atom is -0.397 e. The van der Waals surface area contributed by atoms with Gasteiger partial charge in [0.05, 0.1) is 11.2 Å². The molecule has 0 aliphatic carbocycles. The fraction of sp³-hybridized carbons (Fsp3) is 0.250. The van der Waals surface area contributed by atoms with Crippen molar-refractivity contribution in [2.45, 2.75) is 26.2 Å². The van der Waals surface area contributed by atoms with Crippen LogP contribution >= 0.6 is 15.9 Å². The molecule has 0 bridgehead atoms. The molecule has 0 saturated heterocycles. The molecular weight excluding hydrogens is 286 g/mol. The lowest BCUT2D eigenvalue weighted by atomic mass is 9.86. The highest BCUT2D eigenvalue weighted by Crippen LogP contribution is 2.32. The van der Waals surface area contributed by atoms with Crippen molar-refractivity contribution in [3.63, 3.8) is 0 Å². The molecule has 2 aromatic carbocycles. The van der Waals surface area contributed by atoms with E-state index in [4.69, 9.17) is 11.2 Å². The Labute approximate surface area is 123 Å². The van der Waals surface area contributed by atoms with Crippen LogP contribution < -0.4 is 5.73 Å². The van der Waals surface area contributed by atoms with Crippen molar-refractivity contribution in [3.8, 4) is 11.1 Å². The average Bonchev–Trinajstić information content (AvgIpc) is 2.40. The molecule has 2 heteroatoms. The fourth-order valence-electron chi connectivity index (χ4n) is 1.58. The summed E-state index contributed by atoms with van der Waals surface area (Å²) in [5.74, 6) is 0. The van der Waals surface area contributed by atoms with Crippen molar-refractivity contribution >= 4 is 21.6 Å². The number of rotatable bonds is 1. The van der Waals surface area contributed by atoms with Gasteiger partial charge in [0.15, 0.2) is 0 Å². The van der Waals surface area contributed by atoms with Gasteiger partial charge in [0.25, 0.3) is 0 Å². The summed E-state index contributed by atoms with van der Waals surface area (Å²) in [5.41, 5.74) is 7.14. The average molecular weight is 308 g/mol. The zero-order valence-electron chi connectivity index (χ0n) is 14.7. The number of nitrogen functional groups attached to an aromatic ring is 1. The van der Waals surface area contributed by atoms with Crippen LogP contribution in [0.1, 0.15) is 31.8 Å². The molecule has 0 aliphatic rings. The number of benzene rings is 2. The molecule has 1 nitrogen and oxygen atoms in total. The molecule has 0 saturated carbocycles. The van der Waals surface area contributed by atoms with E-state index in [2.05, 4.69) is 15.9 Å². The van der Waals surface area contributed by atoms with Gasteiger partial charge in [-0.3, -0.25) is 0 Å². The van der Waals surface area contributed by atoms with E-state index >= 15 is 0 Å². The Morgan fingerprint density at radius 3 is 2.28 bits per heavy atom. The molecule has 0 aromatic heterocycles. The van der Waals surface area contributed by atoms with Crippen LogP contribution in [0, 0.1) is 0 Å². The first-order valence-electron chi connectivity index (χ1n) is 7.72. The number of hydrogen-bond donors (Lipinski definition) is 1. The Morgan fingerprint density at radius 1 is 1.11 bits per heavy atom. The van der Waals surface area contributed by atoms with Crippen molar-refractivity contribution in [1.82, 2.24) is 0 Å². The first-order valence-corrected chi connectivity index (χ1v) is 6.51. The van der Waals surface area contributed by atoms with Crippen molar-refractivity contribution in [2.24, 2.45) is 0 Å². The first kappa shape index (κ1) is 8.76. The van der Waals surface area contributed by atoms with Gasteiger partial charge >= 0.3 is 0 Å². The normalized spacial score (nSPS) is 14.7. The Kier molecular flexibility index (Phi) is 2.32.